The molecule has 0 radical (unpaired) electrons. The predicted octanol–water partition coefficient (Wildman–Crippen LogP) is 5.52. The highest BCUT2D eigenvalue weighted by atomic mass is 35.5. The highest BCUT2D eigenvalue weighted by molar-refractivity contribution is 6.30. The summed E-state index contributed by atoms with van der Waals surface area (Å²) in [6.07, 6.45) is 1.64. The highest BCUT2D eigenvalue weighted by Crippen LogP contribution is 2.28. The molecule has 0 bridgehead atoms. The molecule has 0 saturated carbocycles. The third kappa shape index (κ3) is 5.21. The van der Waals surface area contributed by atoms with Crippen LogP contribution in [0.3, 0.4) is 0 Å². The first-order valence-electron chi connectivity index (χ1n) is 8.57. The fraction of sp³-hybridized carbons (Fsp3) is 0.143. The van der Waals surface area contributed by atoms with Gasteiger partial charge >= 0.3 is 0 Å². The van der Waals surface area contributed by atoms with Crippen molar-refractivity contribution in [2.75, 3.05) is 10.6 Å². The maximum absolute atomic E-state index is 12.5. The van der Waals surface area contributed by atoms with Crippen LogP contribution in [0.4, 0.5) is 17.1 Å². The Balaban J connectivity index is 1.77. The van der Waals surface area contributed by atoms with Crippen molar-refractivity contribution in [2.45, 2.75) is 20.0 Å². The minimum atomic E-state index is -0.312. The summed E-state index contributed by atoms with van der Waals surface area (Å²) in [5.74, 6) is 0.432. The van der Waals surface area contributed by atoms with Crippen LogP contribution in [-0.2, 0) is 0 Å². The lowest BCUT2D eigenvalue weighted by Gasteiger charge is -2.15. The van der Waals surface area contributed by atoms with Gasteiger partial charge < -0.3 is 15.4 Å². The molecule has 0 unspecified atom stereocenters. The van der Waals surface area contributed by atoms with Crippen LogP contribution in [0.25, 0.3) is 0 Å². The minimum absolute atomic E-state index is 0.0597. The molecule has 1 amide bonds. The number of amides is 1. The molecule has 5 nitrogen and oxygen atoms in total. The number of aromatic nitrogens is 1. The van der Waals surface area contributed by atoms with Gasteiger partial charge in [0.05, 0.1) is 11.8 Å². The van der Waals surface area contributed by atoms with Crippen molar-refractivity contribution in [2.24, 2.45) is 0 Å². The van der Waals surface area contributed by atoms with Crippen LogP contribution >= 0.6 is 11.6 Å². The first kappa shape index (κ1) is 18.7. The average Bonchev–Trinajstić information content (AvgIpc) is 2.63. The third-order valence-corrected chi connectivity index (χ3v) is 3.84. The van der Waals surface area contributed by atoms with Crippen molar-refractivity contribution in [3.05, 3.63) is 77.6 Å². The van der Waals surface area contributed by atoms with Gasteiger partial charge in [-0.2, -0.15) is 0 Å². The summed E-state index contributed by atoms with van der Waals surface area (Å²) in [7, 11) is 0. The van der Waals surface area contributed by atoms with Gasteiger partial charge in [0.25, 0.3) is 5.91 Å². The first-order valence-corrected chi connectivity index (χ1v) is 8.95. The Bertz CT molecular complexity index is 944. The van der Waals surface area contributed by atoms with E-state index in [0.29, 0.717) is 16.4 Å². The molecule has 0 aliphatic heterocycles. The van der Waals surface area contributed by atoms with E-state index in [1.165, 1.54) is 0 Å². The van der Waals surface area contributed by atoms with Crippen molar-refractivity contribution >= 4 is 34.6 Å². The largest absolute Gasteiger partial charge is 0.489 e. The zero-order valence-electron chi connectivity index (χ0n) is 15.1. The Hall–Kier alpha value is -3.05. The van der Waals surface area contributed by atoms with E-state index >= 15 is 0 Å². The topological polar surface area (TPSA) is 63.2 Å². The summed E-state index contributed by atoms with van der Waals surface area (Å²) in [4.78, 5) is 16.6. The smallest absolute Gasteiger partial charge is 0.274 e. The molecule has 1 aromatic heterocycles. The standard InChI is InChI=1S/C21H20ClN3O2/c1-14(2)27-20-9-4-3-8-18(20)24-17-10-11-23-19(13-17)21(26)25-16-7-5-6-15(22)12-16/h3-14H,1-2H3,(H,23,24)(H,25,26). The van der Waals surface area contributed by atoms with Gasteiger partial charge in [-0.3, -0.25) is 9.78 Å². The van der Waals surface area contributed by atoms with Gasteiger partial charge in [-0.25, -0.2) is 0 Å². The maximum atomic E-state index is 12.5. The fourth-order valence-corrected chi connectivity index (χ4v) is 2.67. The van der Waals surface area contributed by atoms with Gasteiger partial charge in [0.2, 0.25) is 0 Å². The lowest BCUT2D eigenvalue weighted by atomic mass is 10.2. The number of hydrogen-bond donors (Lipinski definition) is 2. The van der Waals surface area contributed by atoms with E-state index in [1.807, 2.05) is 38.1 Å². The Kier molecular flexibility index (Phi) is 5.94. The Morgan fingerprint density at radius 1 is 1.04 bits per heavy atom. The van der Waals surface area contributed by atoms with Crippen molar-refractivity contribution in [3.63, 3.8) is 0 Å². The van der Waals surface area contributed by atoms with Crippen molar-refractivity contribution in [1.82, 2.24) is 4.98 Å². The second-order valence-corrected chi connectivity index (χ2v) is 6.62. The second-order valence-electron chi connectivity index (χ2n) is 6.18. The molecular formula is C21H20ClN3O2. The molecule has 3 aromatic rings. The van der Waals surface area contributed by atoms with Crippen LogP contribution in [0.1, 0.15) is 24.3 Å². The van der Waals surface area contributed by atoms with Gasteiger partial charge in [0, 0.05) is 22.6 Å². The maximum Gasteiger partial charge on any atom is 0.274 e. The molecule has 3 rings (SSSR count). The third-order valence-electron chi connectivity index (χ3n) is 3.60. The summed E-state index contributed by atoms with van der Waals surface area (Å²) in [5.41, 5.74) is 2.46. The van der Waals surface area contributed by atoms with E-state index in [4.69, 9.17) is 16.3 Å². The number of para-hydroxylation sites is 2. The Labute approximate surface area is 163 Å². The molecule has 0 fully saturated rings. The number of anilines is 3. The fourth-order valence-electron chi connectivity index (χ4n) is 2.48. The van der Waals surface area contributed by atoms with Crippen LogP contribution in [0.2, 0.25) is 5.02 Å². The summed E-state index contributed by atoms with van der Waals surface area (Å²) < 4.78 is 5.82. The van der Waals surface area contributed by atoms with Crippen molar-refractivity contribution in [3.8, 4) is 5.75 Å². The monoisotopic (exact) mass is 381 g/mol. The number of benzene rings is 2. The SMILES string of the molecule is CC(C)Oc1ccccc1Nc1ccnc(C(=O)Nc2cccc(Cl)c2)c1. The zero-order valence-corrected chi connectivity index (χ0v) is 15.8. The summed E-state index contributed by atoms with van der Waals surface area (Å²) >= 11 is 5.95. The van der Waals surface area contributed by atoms with Gasteiger partial charge in [-0.05, 0) is 56.3 Å². The lowest BCUT2D eigenvalue weighted by Crippen LogP contribution is -2.14. The van der Waals surface area contributed by atoms with Crippen molar-refractivity contribution in [1.29, 1.82) is 0 Å². The van der Waals surface area contributed by atoms with E-state index in [9.17, 15) is 4.79 Å². The number of ether oxygens (including phenoxy) is 1. The van der Waals surface area contributed by atoms with Crippen LogP contribution < -0.4 is 15.4 Å². The summed E-state index contributed by atoms with van der Waals surface area (Å²) in [6, 6.07) is 18.1. The molecule has 0 spiro atoms. The highest BCUT2D eigenvalue weighted by Gasteiger charge is 2.10. The van der Waals surface area contributed by atoms with E-state index in [1.54, 1.807) is 42.6 Å². The van der Waals surface area contributed by atoms with E-state index in [2.05, 4.69) is 15.6 Å². The zero-order chi connectivity index (χ0) is 19.2. The van der Waals surface area contributed by atoms with E-state index < -0.39 is 0 Å². The molecule has 27 heavy (non-hydrogen) atoms. The van der Waals surface area contributed by atoms with Crippen LogP contribution in [0.15, 0.2) is 66.9 Å². The molecule has 0 aliphatic rings. The lowest BCUT2D eigenvalue weighted by molar-refractivity contribution is 0.102. The van der Waals surface area contributed by atoms with Crippen LogP contribution in [0.5, 0.6) is 5.75 Å². The van der Waals surface area contributed by atoms with Crippen LogP contribution in [0, 0.1) is 0 Å². The number of nitrogens with one attached hydrogen (secondary N) is 2. The van der Waals surface area contributed by atoms with E-state index in [0.717, 1.165) is 17.1 Å². The molecule has 138 valence electrons. The Morgan fingerprint density at radius 2 is 1.85 bits per heavy atom. The molecule has 6 heteroatoms. The van der Waals surface area contributed by atoms with Gasteiger partial charge in [-0.1, -0.05) is 29.8 Å². The molecule has 0 saturated heterocycles. The summed E-state index contributed by atoms with van der Waals surface area (Å²) in [6.45, 7) is 3.95. The number of pyridine rings is 1. The van der Waals surface area contributed by atoms with Gasteiger partial charge in [0.15, 0.2) is 0 Å². The quantitative estimate of drug-likeness (QED) is 0.590. The van der Waals surface area contributed by atoms with Gasteiger partial charge in [-0.15, -0.1) is 0 Å². The number of rotatable bonds is 6. The minimum Gasteiger partial charge on any atom is -0.489 e. The number of halogens is 1. The molecule has 2 aromatic carbocycles. The van der Waals surface area contributed by atoms with Crippen molar-refractivity contribution < 1.29 is 9.53 Å². The average molecular weight is 382 g/mol. The molecule has 0 aliphatic carbocycles. The normalized spacial score (nSPS) is 10.5. The predicted molar refractivity (Wildman–Crippen MR) is 109 cm³/mol. The second kappa shape index (κ2) is 8.56. The molecular weight excluding hydrogens is 362 g/mol. The van der Waals surface area contributed by atoms with E-state index in [-0.39, 0.29) is 12.0 Å². The Morgan fingerprint density at radius 3 is 2.63 bits per heavy atom. The molecule has 0 atom stereocenters. The van der Waals surface area contributed by atoms with Gasteiger partial charge in [0.1, 0.15) is 11.4 Å². The van der Waals surface area contributed by atoms with Crippen LogP contribution in [-0.4, -0.2) is 17.0 Å². The first-order chi connectivity index (χ1) is 13.0. The number of carbonyl (C=O) groups is 1. The molecule has 2 N–H and O–H groups in total. The number of carbonyl (C=O) groups excluding carboxylic acids is 1. The number of nitrogens with zero attached hydrogens (tertiary/aromatic N) is 1. The number of hydrogen-bond acceptors (Lipinski definition) is 4. The summed E-state index contributed by atoms with van der Waals surface area (Å²) in [5, 5.41) is 6.62. The molecule has 1 heterocycles.